The summed E-state index contributed by atoms with van der Waals surface area (Å²) in [7, 11) is -10.8. The minimum atomic E-state index is -2.60. The Labute approximate surface area is 298 Å². The third kappa shape index (κ3) is 14.0. The molecule has 6 nitrogen and oxygen atoms in total. The van der Waals surface area contributed by atoms with Crippen molar-refractivity contribution in [1.82, 2.24) is 0 Å². The molecule has 0 aromatic heterocycles. The summed E-state index contributed by atoms with van der Waals surface area (Å²) in [4.78, 5) is 12.2. The van der Waals surface area contributed by atoms with E-state index in [1.54, 1.807) is 6.92 Å². The Morgan fingerprint density at radius 2 is 1.13 bits per heavy atom. The van der Waals surface area contributed by atoms with Gasteiger partial charge in [-0.1, -0.05) is 79.1 Å². The first-order valence-corrected chi connectivity index (χ1v) is 33.7. The molecule has 0 rings (SSSR count). The molecule has 0 aliphatic heterocycles. The quantitative estimate of drug-likeness (QED) is 0.0401. The maximum Gasteiger partial charge on any atom is 0.333 e. The van der Waals surface area contributed by atoms with Crippen LogP contribution in [0.2, 0.25) is 77.1 Å². The van der Waals surface area contributed by atoms with Gasteiger partial charge in [-0.2, -0.15) is 0 Å². The molecule has 0 aromatic rings. The Morgan fingerprint density at radius 3 is 1.57 bits per heavy atom. The number of hydrogen-bond acceptors (Lipinski definition) is 6. The van der Waals surface area contributed by atoms with E-state index in [1.807, 2.05) is 0 Å². The summed E-state index contributed by atoms with van der Waals surface area (Å²) < 4.78 is 34.8. The zero-order valence-electron chi connectivity index (χ0n) is 34.6. The zero-order chi connectivity index (χ0) is 37.1. The molecule has 0 saturated heterocycles. The van der Waals surface area contributed by atoms with Gasteiger partial charge in [-0.15, -0.1) is 0 Å². The van der Waals surface area contributed by atoms with Crippen molar-refractivity contribution in [3.8, 4) is 0 Å². The third-order valence-electron chi connectivity index (χ3n) is 11.5. The highest BCUT2D eigenvalue weighted by Crippen LogP contribution is 2.40. The van der Waals surface area contributed by atoms with Crippen molar-refractivity contribution in [1.29, 1.82) is 0 Å². The molecular weight excluding hydrogens is 669 g/mol. The highest BCUT2D eigenvalue weighted by molar-refractivity contribution is 6.82. The Balaban J connectivity index is 6.53. The van der Waals surface area contributed by atoms with Crippen molar-refractivity contribution in [2.24, 2.45) is 0 Å². The van der Waals surface area contributed by atoms with Crippen LogP contribution in [0.25, 0.3) is 0 Å². The van der Waals surface area contributed by atoms with Crippen molar-refractivity contribution in [2.75, 3.05) is 6.61 Å². The van der Waals surface area contributed by atoms with E-state index < -0.39 is 46.6 Å². The number of hydrogen-bond donors (Lipinski definition) is 0. The average Bonchev–Trinajstić information content (AvgIpc) is 2.95. The standard InChI is InChI=1S/C36H80O6Si5/c1-20-24-28-43(11,12)32(7)39-46(17,18)36(10,23-4)42-47(19,30-26-27-38-34(37)31(5)6)33(8)40-45(15,16)35(9,22-3)41-44(13,14)29-25-21-2/h32-33H,5,20-30H2,1-4,6-19H3. The van der Waals surface area contributed by atoms with Crippen molar-refractivity contribution < 1.29 is 27.2 Å². The smallest absolute Gasteiger partial charge is 0.333 e. The lowest BCUT2D eigenvalue weighted by Crippen LogP contribution is -2.67. The Kier molecular flexibility index (Phi) is 19.2. The molecule has 47 heavy (non-hydrogen) atoms. The summed E-state index contributed by atoms with van der Waals surface area (Å²) in [6.07, 6.45) is 7.43. The van der Waals surface area contributed by atoms with Crippen LogP contribution in [0, 0.1) is 0 Å². The van der Waals surface area contributed by atoms with Gasteiger partial charge in [-0.25, -0.2) is 4.79 Å². The summed E-state index contributed by atoms with van der Waals surface area (Å²) in [6.45, 7) is 45.4. The molecule has 0 radical (unpaired) electrons. The maximum atomic E-state index is 12.2. The van der Waals surface area contributed by atoms with Crippen LogP contribution in [0.5, 0.6) is 0 Å². The number of rotatable bonds is 25. The fraction of sp³-hybridized carbons (Fsp3) is 0.917. The van der Waals surface area contributed by atoms with Crippen molar-refractivity contribution in [3.63, 3.8) is 0 Å². The number of ether oxygens (including phenoxy) is 1. The van der Waals surface area contributed by atoms with E-state index in [2.05, 4.69) is 121 Å². The van der Waals surface area contributed by atoms with Gasteiger partial charge in [0.2, 0.25) is 25.0 Å². The predicted octanol–water partition coefficient (Wildman–Crippen LogP) is 11.3. The zero-order valence-corrected chi connectivity index (χ0v) is 39.6. The third-order valence-corrected chi connectivity index (χ3v) is 30.9. The van der Waals surface area contributed by atoms with Gasteiger partial charge in [-0.3, -0.25) is 0 Å². The number of unbranched alkanes of at least 4 members (excludes halogenated alkanes) is 2. The van der Waals surface area contributed by atoms with Gasteiger partial charge in [0.1, 0.15) is 0 Å². The lowest BCUT2D eigenvalue weighted by atomic mass is 10.3. The molecule has 0 saturated carbocycles. The summed E-state index contributed by atoms with van der Waals surface area (Å²) >= 11 is 0. The first-order valence-electron chi connectivity index (χ1n) is 18.8. The Bertz CT molecular complexity index is 974. The molecule has 0 aliphatic rings. The summed E-state index contributed by atoms with van der Waals surface area (Å²) in [5, 5.41) is -0.693. The van der Waals surface area contributed by atoms with Gasteiger partial charge in [0.25, 0.3) is 0 Å². The van der Waals surface area contributed by atoms with E-state index in [0.29, 0.717) is 12.2 Å². The van der Waals surface area contributed by atoms with Crippen LogP contribution in [-0.2, 0) is 27.2 Å². The van der Waals surface area contributed by atoms with Crippen LogP contribution < -0.4 is 0 Å². The highest BCUT2D eigenvalue weighted by atomic mass is 28.4. The molecule has 0 bridgehead atoms. The highest BCUT2D eigenvalue weighted by Gasteiger charge is 2.55. The second kappa shape index (κ2) is 19.1. The largest absolute Gasteiger partial charge is 0.462 e. The lowest BCUT2D eigenvalue weighted by molar-refractivity contribution is -0.138. The van der Waals surface area contributed by atoms with Crippen LogP contribution in [-0.4, -0.2) is 75.8 Å². The van der Waals surface area contributed by atoms with Gasteiger partial charge < -0.3 is 22.4 Å². The maximum absolute atomic E-state index is 12.2. The minimum Gasteiger partial charge on any atom is -0.462 e. The lowest BCUT2D eigenvalue weighted by Gasteiger charge is -2.52. The molecule has 0 N–H and O–H groups in total. The average molecular weight is 749 g/mol. The SMILES string of the molecule is C=C(C)C(=O)OCCC[Si](C)(OC(C)(CC)[Si](C)(C)OC(C)[Si](C)(C)CCCC)C(C)O[Si](C)(C)C(C)(CC)O[Si](C)(C)CCCC. The molecule has 0 spiro atoms. The molecule has 5 unspecified atom stereocenters. The van der Waals surface area contributed by atoms with E-state index >= 15 is 0 Å². The molecule has 0 aliphatic carbocycles. The molecular formula is C36H80O6Si5. The fourth-order valence-electron chi connectivity index (χ4n) is 6.32. The van der Waals surface area contributed by atoms with E-state index in [9.17, 15) is 4.79 Å². The van der Waals surface area contributed by atoms with Crippen LogP contribution in [0.4, 0.5) is 0 Å². The summed E-state index contributed by atoms with van der Waals surface area (Å²) in [5.74, 6) is -0.331. The first-order chi connectivity index (χ1) is 21.2. The molecule has 11 heteroatoms. The van der Waals surface area contributed by atoms with Crippen molar-refractivity contribution in [2.45, 2.75) is 206 Å². The Morgan fingerprint density at radius 1 is 0.681 bits per heavy atom. The van der Waals surface area contributed by atoms with Gasteiger partial charge in [0.15, 0.2) is 8.32 Å². The van der Waals surface area contributed by atoms with E-state index in [1.165, 1.54) is 37.8 Å². The predicted molar refractivity (Wildman–Crippen MR) is 217 cm³/mol. The molecule has 5 atom stereocenters. The topological polar surface area (TPSA) is 63.2 Å². The molecule has 0 heterocycles. The number of carbonyl (C=O) groups excluding carboxylic acids is 1. The van der Waals surface area contributed by atoms with Crippen LogP contribution >= 0.6 is 0 Å². The monoisotopic (exact) mass is 748 g/mol. The van der Waals surface area contributed by atoms with Crippen molar-refractivity contribution >= 4 is 47.3 Å². The number of carbonyl (C=O) groups is 1. The van der Waals surface area contributed by atoms with E-state index in [4.69, 9.17) is 22.4 Å². The van der Waals surface area contributed by atoms with Gasteiger partial charge in [-0.05, 0) is 112 Å². The molecule has 0 amide bonds. The number of esters is 1. The minimum absolute atomic E-state index is 0.0700. The molecule has 0 fully saturated rings. The van der Waals surface area contributed by atoms with Crippen molar-refractivity contribution in [3.05, 3.63) is 12.2 Å². The van der Waals surface area contributed by atoms with E-state index in [0.717, 1.165) is 25.3 Å². The summed E-state index contributed by atoms with van der Waals surface area (Å²) in [5.41, 5.74) is 0.625. The summed E-state index contributed by atoms with van der Waals surface area (Å²) in [6, 6.07) is 3.28. The Hall–Kier alpha value is 0.134. The van der Waals surface area contributed by atoms with Gasteiger partial charge in [0, 0.05) is 11.3 Å². The molecule has 0 aromatic carbocycles. The second-order valence-corrected chi connectivity index (χ2v) is 39.5. The second-order valence-electron chi connectivity index (χ2n) is 17.2. The van der Waals surface area contributed by atoms with Crippen LogP contribution in [0.15, 0.2) is 12.2 Å². The van der Waals surface area contributed by atoms with Crippen LogP contribution in [0.3, 0.4) is 0 Å². The normalized spacial score (nSPS) is 18.5. The molecule has 280 valence electrons. The first kappa shape index (κ1) is 47.1. The fourth-order valence-corrected chi connectivity index (χ4v) is 24.9. The van der Waals surface area contributed by atoms with E-state index in [-0.39, 0.29) is 22.6 Å². The van der Waals surface area contributed by atoms with Gasteiger partial charge >= 0.3 is 5.97 Å². The van der Waals surface area contributed by atoms with Crippen LogP contribution in [0.1, 0.15) is 107 Å². The van der Waals surface area contributed by atoms with Gasteiger partial charge in [0.05, 0.1) is 30.9 Å².